The predicted molar refractivity (Wildman–Crippen MR) is 124 cm³/mol. The van der Waals surface area contributed by atoms with Gasteiger partial charge in [-0.2, -0.15) is 0 Å². The van der Waals surface area contributed by atoms with E-state index < -0.39 is 0 Å². The third kappa shape index (κ3) is 4.22. The summed E-state index contributed by atoms with van der Waals surface area (Å²) < 4.78 is 1.68. The molecule has 1 fully saturated rings. The number of carbonyl (C=O) groups is 1. The van der Waals surface area contributed by atoms with Crippen LogP contribution in [0.25, 0.3) is 22.0 Å². The van der Waals surface area contributed by atoms with Crippen LogP contribution in [0, 0.1) is 0 Å². The van der Waals surface area contributed by atoms with Gasteiger partial charge in [0.25, 0.3) is 0 Å². The Morgan fingerprint density at radius 1 is 0.969 bits per heavy atom. The zero-order chi connectivity index (χ0) is 22.1. The van der Waals surface area contributed by atoms with E-state index in [4.69, 9.17) is 0 Å². The van der Waals surface area contributed by atoms with Crippen LogP contribution < -0.4 is 4.90 Å². The van der Waals surface area contributed by atoms with E-state index in [9.17, 15) is 4.79 Å². The zero-order valence-electron chi connectivity index (χ0n) is 18.3. The number of benzene rings is 1. The molecule has 0 radical (unpaired) electrons. The fourth-order valence-electron chi connectivity index (χ4n) is 3.99. The maximum absolute atomic E-state index is 13.0. The summed E-state index contributed by atoms with van der Waals surface area (Å²) in [7, 11) is 3.97. The molecule has 8 nitrogen and oxygen atoms in total. The second-order valence-corrected chi connectivity index (χ2v) is 8.31. The monoisotopic (exact) mass is 427 g/mol. The van der Waals surface area contributed by atoms with Crippen LogP contribution in [0.5, 0.6) is 0 Å². The number of rotatable bonds is 5. The molecule has 1 saturated heterocycles. The fourth-order valence-corrected chi connectivity index (χ4v) is 3.99. The van der Waals surface area contributed by atoms with E-state index in [1.165, 1.54) is 0 Å². The first kappa shape index (κ1) is 20.3. The molecule has 0 amide bonds. The number of piperazine rings is 1. The van der Waals surface area contributed by atoms with Crippen LogP contribution in [-0.2, 0) is 13.5 Å². The third-order valence-corrected chi connectivity index (χ3v) is 5.91. The summed E-state index contributed by atoms with van der Waals surface area (Å²) in [6.45, 7) is 3.83. The second-order valence-electron chi connectivity index (χ2n) is 8.31. The van der Waals surface area contributed by atoms with Crippen LogP contribution in [-0.4, -0.2) is 68.9 Å². The maximum Gasteiger partial charge on any atom is 0.169 e. The van der Waals surface area contributed by atoms with Crippen molar-refractivity contribution in [3.8, 4) is 11.3 Å². The van der Waals surface area contributed by atoms with E-state index in [0.29, 0.717) is 5.56 Å². The van der Waals surface area contributed by atoms with E-state index >= 15 is 0 Å². The van der Waals surface area contributed by atoms with E-state index in [1.807, 2.05) is 43.7 Å². The molecule has 0 atom stereocenters. The van der Waals surface area contributed by atoms with Gasteiger partial charge in [0.05, 0.1) is 12.6 Å². The molecule has 1 aliphatic heterocycles. The number of hydrogen-bond acceptors (Lipinski definition) is 7. The lowest BCUT2D eigenvalue weighted by Crippen LogP contribution is -2.44. The van der Waals surface area contributed by atoms with E-state index in [-0.39, 0.29) is 12.2 Å². The third-order valence-electron chi connectivity index (χ3n) is 5.91. The Bertz CT molecular complexity index is 1270. The van der Waals surface area contributed by atoms with Gasteiger partial charge in [-0.1, -0.05) is 17.3 Å². The van der Waals surface area contributed by atoms with Gasteiger partial charge >= 0.3 is 0 Å². The van der Waals surface area contributed by atoms with Crippen molar-refractivity contribution in [2.75, 3.05) is 38.1 Å². The Morgan fingerprint density at radius 2 is 1.81 bits per heavy atom. The van der Waals surface area contributed by atoms with Gasteiger partial charge in [-0.05, 0) is 36.7 Å². The molecule has 1 aliphatic rings. The number of Topliss-reactive ketones (excluding diaryl/α,β-unsaturated/α-hetero) is 1. The smallest absolute Gasteiger partial charge is 0.169 e. The van der Waals surface area contributed by atoms with Gasteiger partial charge in [0, 0.05) is 67.8 Å². The first-order valence-electron chi connectivity index (χ1n) is 10.7. The van der Waals surface area contributed by atoms with Crippen molar-refractivity contribution in [1.82, 2.24) is 29.9 Å². The van der Waals surface area contributed by atoms with E-state index in [0.717, 1.165) is 59.7 Å². The van der Waals surface area contributed by atoms with Crippen LogP contribution >= 0.6 is 0 Å². The predicted octanol–water partition coefficient (Wildman–Crippen LogP) is 2.60. The van der Waals surface area contributed by atoms with Gasteiger partial charge in [-0.3, -0.25) is 14.5 Å². The summed E-state index contributed by atoms with van der Waals surface area (Å²) in [4.78, 5) is 26.5. The van der Waals surface area contributed by atoms with Crippen molar-refractivity contribution in [1.29, 1.82) is 0 Å². The Morgan fingerprint density at radius 3 is 2.59 bits per heavy atom. The quantitative estimate of drug-likeness (QED) is 0.453. The molecule has 0 unspecified atom stereocenters. The van der Waals surface area contributed by atoms with Crippen molar-refractivity contribution in [3.05, 3.63) is 66.2 Å². The minimum Gasteiger partial charge on any atom is -0.354 e. The maximum atomic E-state index is 13.0. The average molecular weight is 428 g/mol. The molecule has 0 saturated carbocycles. The normalized spacial score (nSPS) is 14.8. The summed E-state index contributed by atoms with van der Waals surface area (Å²) in [6.07, 6.45) is 5.67. The second kappa shape index (κ2) is 8.47. The molecule has 5 rings (SSSR count). The number of pyridine rings is 2. The lowest BCUT2D eigenvalue weighted by atomic mass is 10.0. The molecule has 32 heavy (non-hydrogen) atoms. The van der Waals surface area contributed by atoms with Crippen LogP contribution in [0.2, 0.25) is 0 Å². The standard InChI is InChI=1S/C24H25N7O/c1-29-7-9-31(10-8-29)24-13-18(5-6-25-24)23(32)14-21-12-20-11-17(3-4-19(20)15-26-21)22-16-30(2)28-27-22/h3-6,11-13,15-16H,7-10,14H2,1-2H3. The Balaban J connectivity index is 1.36. The van der Waals surface area contributed by atoms with Gasteiger partial charge in [-0.15, -0.1) is 5.10 Å². The molecule has 8 heteroatoms. The van der Waals surface area contributed by atoms with Gasteiger partial charge < -0.3 is 9.80 Å². The summed E-state index contributed by atoms with van der Waals surface area (Å²) in [5.74, 6) is 0.906. The van der Waals surface area contributed by atoms with Crippen molar-refractivity contribution in [2.24, 2.45) is 7.05 Å². The Kier molecular flexibility index (Phi) is 5.36. The van der Waals surface area contributed by atoms with E-state index in [1.54, 1.807) is 16.9 Å². The van der Waals surface area contributed by atoms with Gasteiger partial charge in [0.1, 0.15) is 11.5 Å². The number of aryl methyl sites for hydroxylation is 1. The van der Waals surface area contributed by atoms with Crippen molar-refractivity contribution in [2.45, 2.75) is 6.42 Å². The summed E-state index contributed by atoms with van der Waals surface area (Å²) in [6, 6.07) is 11.8. The van der Waals surface area contributed by atoms with Crippen LogP contribution in [0.1, 0.15) is 16.1 Å². The number of fused-ring (bicyclic) bond motifs is 1. The number of nitrogens with zero attached hydrogens (tertiary/aromatic N) is 7. The first-order valence-corrected chi connectivity index (χ1v) is 10.7. The van der Waals surface area contributed by atoms with Gasteiger partial charge in [-0.25, -0.2) is 4.98 Å². The fraction of sp³-hybridized carbons (Fsp3) is 0.292. The highest BCUT2D eigenvalue weighted by Crippen LogP contribution is 2.23. The van der Waals surface area contributed by atoms with Crippen LogP contribution in [0.15, 0.2) is 55.0 Å². The number of likely N-dealkylation sites (N-methyl/N-ethyl adjacent to an activating group) is 1. The molecule has 0 aliphatic carbocycles. The lowest BCUT2D eigenvalue weighted by molar-refractivity contribution is 0.0992. The molecular weight excluding hydrogens is 402 g/mol. The molecule has 162 valence electrons. The molecule has 4 heterocycles. The molecule has 3 aromatic heterocycles. The Hall–Kier alpha value is -3.65. The zero-order valence-corrected chi connectivity index (χ0v) is 18.3. The van der Waals surface area contributed by atoms with Crippen molar-refractivity contribution in [3.63, 3.8) is 0 Å². The summed E-state index contributed by atoms with van der Waals surface area (Å²) in [5.41, 5.74) is 3.22. The number of anilines is 1. The molecule has 4 aromatic rings. The topological polar surface area (TPSA) is 80.0 Å². The molecular formula is C24H25N7O. The lowest BCUT2D eigenvalue weighted by Gasteiger charge is -2.33. The number of carbonyl (C=O) groups excluding carboxylic acids is 1. The number of hydrogen-bond donors (Lipinski definition) is 0. The summed E-state index contributed by atoms with van der Waals surface area (Å²) in [5, 5.41) is 10.2. The number of ketones is 1. The van der Waals surface area contributed by atoms with Gasteiger partial charge in [0.2, 0.25) is 0 Å². The van der Waals surface area contributed by atoms with Crippen molar-refractivity contribution >= 4 is 22.4 Å². The SMILES string of the molecule is CN1CCN(c2cc(C(=O)Cc3cc4cc(-c5cn(C)nn5)ccc4cn3)ccn2)CC1. The first-order chi connectivity index (χ1) is 15.5. The highest BCUT2D eigenvalue weighted by Gasteiger charge is 2.17. The van der Waals surface area contributed by atoms with Crippen LogP contribution in [0.4, 0.5) is 5.82 Å². The van der Waals surface area contributed by atoms with E-state index in [2.05, 4.69) is 43.2 Å². The average Bonchev–Trinajstić information content (AvgIpc) is 3.25. The van der Waals surface area contributed by atoms with Gasteiger partial charge in [0.15, 0.2) is 5.78 Å². The largest absolute Gasteiger partial charge is 0.354 e. The number of aromatic nitrogens is 5. The van der Waals surface area contributed by atoms with Crippen molar-refractivity contribution < 1.29 is 4.79 Å². The molecule has 0 N–H and O–H groups in total. The summed E-state index contributed by atoms with van der Waals surface area (Å²) >= 11 is 0. The minimum atomic E-state index is 0.0414. The molecule has 0 spiro atoms. The minimum absolute atomic E-state index is 0.0414. The Labute approximate surface area is 186 Å². The van der Waals surface area contributed by atoms with Crippen LogP contribution in [0.3, 0.4) is 0 Å². The molecule has 0 bridgehead atoms. The highest BCUT2D eigenvalue weighted by atomic mass is 16.1. The molecule has 1 aromatic carbocycles. The highest BCUT2D eigenvalue weighted by molar-refractivity contribution is 5.98.